The van der Waals surface area contributed by atoms with Crippen LogP contribution >= 0.6 is 11.6 Å². The van der Waals surface area contributed by atoms with Crippen molar-refractivity contribution in [2.75, 3.05) is 5.32 Å². The van der Waals surface area contributed by atoms with E-state index >= 15 is 0 Å². The van der Waals surface area contributed by atoms with Crippen LogP contribution in [0.5, 0.6) is 0 Å². The van der Waals surface area contributed by atoms with E-state index in [2.05, 4.69) is 10.3 Å². The van der Waals surface area contributed by atoms with Crippen molar-refractivity contribution in [3.8, 4) is 0 Å². The smallest absolute Gasteiger partial charge is 0.228 e. The van der Waals surface area contributed by atoms with E-state index in [-0.39, 0.29) is 12.3 Å². The van der Waals surface area contributed by atoms with Gasteiger partial charge in [0.2, 0.25) is 5.91 Å². The van der Waals surface area contributed by atoms with E-state index < -0.39 is 0 Å². The Kier molecular flexibility index (Phi) is 3.39. The quantitative estimate of drug-likeness (QED) is 0.799. The Morgan fingerprint density at radius 2 is 2.10 bits per heavy atom. The molecule has 1 N–H and O–H groups in total. The predicted molar refractivity (Wildman–Crippen MR) is 77.8 cm³/mol. The molecule has 0 radical (unpaired) electrons. The van der Waals surface area contributed by atoms with Gasteiger partial charge in [-0.25, -0.2) is 4.98 Å². The summed E-state index contributed by atoms with van der Waals surface area (Å²) >= 11 is 6.03. The predicted octanol–water partition coefficient (Wildman–Crippen LogP) is 3.66. The average Bonchev–Trinajstić information content (AvgIpc) is 2.89. The van der Waals surface area contributed by atoms with Gasteiger partial charge in [-0.3, -0.25) is 4.79 Å². The number of carbonyl (C=O) groups excluding carboxylic acids is 1. The molecule has 0 saturated heterocycles. The summed E-state index contributed by atoms with van der Waals surface area (Å²) in [5, 5.41) is 3.41. The summed E-state index contributed by atoms with van der Waals surface area (Å²) in [6, 6.07) is 12.6. The maximum Gasteiger partial charge on any atom is 0.228 e. The zero-order chi connectivity index (χ0) is 13.9. The number of oxazole rings is 1. The van der Waals surface area contributed by atoms with Crippen LogP contribution < -0.4 is 5.32 Å². The largest absolute Gasteiger partial charge is 0.443 e. The molecule has 3 rings (SSSR count). The van der Waals surface area contributed by atoms with Crippen LogP contribution in [0.25, 0.3) is 11.1 Å². The zero-order valence-electron chi connectivity index (χ0n) is 10.5. The molecule has 1 heterocycles. The molecule has 0 aliphatic heterocycles. The van der Waals surface area contributed by atoms with E-state index in [1.807, 2.05) is 18.2 Å². The Morgan fingerprint density at radius 1 is 1.25 bits per heavy atom. The molecule has 4 nitrogen and oxygen atoms in total. The molecule has 20 heavy (non-hydrogen) atoms. The van der Waals surface area contributed by atoms with Crippen molar-refractivity contribution in [2.24, 2.45) is 0 Å². The highest BCUT2D eigenvalue weighted by Gasteiger charge is 2.08. The molecule has 0 atom stereocenters. The number of hydrogen-bond donors (Lipinski definition) is 1. The van der Waals surface area contributed by atoms with Crippen LogP contribution in [0.3, 0.4) is 0 Å². The summed E-state index contributed by atoms with van der Waals surface area (Å²) in [5.41, 5.74) is 2.87. The van der Waals surface area contributed by atoms with Crippen molar-refractivity contribution in [3.05, 3.63) is 59.4 Å². The van der Waals surface area contributed by atoms with E-state index in [9.17, 15) is 4.79 Å². The third-order valence-corrected chi connectivity index (χ3v) is 3.29. The Morgan fingerprint density at radius 3 is 2.95 bits per heavy atom. The van der Waals surface area contributed by atoms with Crippen LogP contribution in [0.4, 0.5) is 5.69 Å². The number of rotatable bonds is 3. The maximum atomic E-state index is 12.0. The van der Waals surface area contributed by atoms with Gasteiger partial charge in [-0.15, -0.1) is 0 Å². The SMILES string of the molecule is O=C(Cc1ccccc1Cl)Nc1ccc2ncoc2c1. The van der Waals surface area contributed by atoms with Crippen LogP contribution in [0, 0.1) is 0 Å². The molecule has 0 unspecified atom stereocenters. The molecule has 0 spiro atoms. The summed E-state index contributed by atoms with van der Waals surface area (Å²) in [6.45, 7) is 0. The van der Waals surface area contributed by atoms with Crippen LogP contribution in [-0.2, 0) is 11.2 Å². The van der Waals surface area contributed by atoms with Crippen molar-refractivity contribution in [1.82, 2.24) is 4.98 Å². The zero-order valence-corrected chi connectivity index (χ0v) is 11.2. The fourth-order valence-electron chi connectivity index (χ4n) is 1.95. The number of amides is 1. The molecule has 2 aromatic carbocycles. The molecule has 0 bridgehead atoms. The second kappa shape index (κ2) is 5.35. The monoisotopic (exact) mass is 286 g/mol. The van der Waals surface area contributed by atoms with Crippen LogP contribution in [0.1, 0.15) is 5.56 Å². The molecule has 0 aliphatic rings. The number of hydrogen-bond acceptors (Lipinski definition) is 3. The molecule has 0 saturated carbocycles. The number of halogens is 1. The Hall–Kier alpha value is -2.33. The molecule has 3 aromatic rings. The van der Waals surface area contributed by atoms with Gasteiger partial charge in [0.15, 0.2) is 12.0 Å². The first-order valence-electron chi connectivity index (χ1n) is 6.09. The number of carbonyl (C=O) groups is 1. The van der Waals surface area contributed by atoms with Crippen molar-refractivity contribution in [2.45, 2.75) is 6.42 Å². The van der Waals surface area contributed by atoms with Gasteiger partial charge in [-0.1, -0.05) is 29.8 Å². The molecular weight excluding hydrogens is 276 g/mol. The molecule has 5 heteroatoms. The number of nitrogens with zero attached hydrogens (tertiary/aromatic N) is 1. The van der Waals surface area contributed by atoms with Crippen LogP contribution in [0.2, 0.25) is 5.02 Å². The topological polar surface area (TPSA) is 55.1 Å². The van der Waals surface area contributed by atoms with Crippen molar-refractivity contribution in [3.63, 3.8) is 0 Å². The third-order valence-electron chi connectivity index (χ3n) is 2.92. The Balaban J connectivity index is 1.74. The fraction of sp³-hybridized carbons (Fsp3) is 0.0667. The van der Waals surface area contributed by atoms with E-state index in [1.165, 1.54) is 6.39 Å². The minimum absolute atomic E-state index is 0.128. The summed E-state index contributed by atoms with van der Waals surface area (Å²) in [7, 11) is 0. The first-order chi connectivity index (χ1) is 9.72. The minimum Gasteiger partial charge on any atom is -0.443 e. The molecule has 0 fully saturated rings. The Labute approximate surface area is 120 Å². The lowest BCUT2D eigenvalue weighted by Gasteiger charge is -2.06. The summed E-state index contributed by atoms with van der Waals surface area (Å²) in [6.07, 6.45) is 1.61. The molecule has 0 aliphatic carbocycles. The first kappa shape index (κ1) is 12.7. The normalized spacial score (nSPS) is 10.7. The van der Waals surface area contributed by atoms with Gasteiger partial charge in [0.1, 0.15) is 5.52 Å². The number of anilines is 1. The van der Waals surface area contributed by atoms with Crippen molar-refractivity contribution in [1.29, 1.82) is 0 Å². The molecular formula is C15H11ClN2O2. The summed E-state index contributed by atoms with van der Waals surface area (Å²) in [5.74, 6) is -0.128. The number of fused-ring (bicyclic) bond motifs is 1. The van der Waals surface area contributed by atoms with Gasteiger partial charge < -0.3 is 9.73 Å². The molecule has 100 valence electrons. The van der Waals surface area contributed by atoms with Gasteiger partial charge in [0.05, 0.1) is 6.42 Å². The third kappa shape index (κ3) is 2.65. The maximum absolute atomic E-state index is 12.0. The second-order valence-electron chi connectivity index (χ2n) is 4.35. The van der Waals surface area contributed by atoms with Gasteiger partial charge >= 0.3 is 0 Å². The lowest BCUT2D eigenvalue weighted by atomic mass is 10.1. The van der Waals surface area contributed by atoms with Crippen molar-refractivity contribution < 1.29 is 9.21 Å². The highest BCUT2D eigenvalue weighted by atomic mass is 35.5. The average molecular weight is 287 g/mol. The van der Waals surface area contributed by atoms with Crippen molar-refractivity contribution >= 4 is 34.3 Å². The Bertz CT molecular complexity index is 767. The highest BCUT2D eigenvalue weighted by molar-refractivity contribution is 6.31. The first-order valence-corrected chi connectivity index (χ1v) is 6.47. The van der Waals surface area contributed by atoms with Crippen LogP contribution in [0.15, 0.2) is 53.3 Å². The molecule has 1 aromatic heterocycles. The van der Waals surface area contributed by atoms with E-state index in [0.717, 1.165) is 11.1 Å². The van der Waals surface area contributed by atoms with Gasteiger partial charge in [-0.2, -0.15) is 0 Å². The summed E-state index contributed by atoms with van der Waals surface area (Å²) in [4.78, 5) is 16.0. The van der Waals surface area contributed by atoms with E-state index in [1.54, 1.807) is 24.3 Å². The number of benzene rings is 2. The van der Waals surface area contributed by atoms with Gasteiger partial charge in [-0.05, 0) is 23.8 Å². The highest BCUT2D eigenvalue weighted by Crippen LogP contribution is 2.19. The summed E-state index contributed by atoms with van der Waals surface area (Å²) < 4.78 is 5.19. The number of aromatic nitrogens is 1. The van der Waals surface area contributed by atoms with E-state index in [4.69, 9.17) is 16.0 Å². The molecule has 1 amide bonds. The van der Waals surface area contributed by atoms with Gasteiger partial charge in [0.25, 0.3) is 0 Å². The van der Waals surface area contributed by atoms with Gasteiger partial charge in [0, 0.05) is 16.8 Å². The second-order valence-corrected chi connectivity index (χ2v) is 4.76. The fourth-order valence-corrected chi connectivity index (χ4v) is 2.16. The lowest BCUT2D eigenvalue weighted by Crippen LogP contribution is -2.14. The van der Waals surface area contributed by atoms with E-state index in [0.29, 0.717) is 16.3 Å². The van der Waals surface area contributed by atoms with Crippen LogP contribution in [-0.4, -0.2) is 10.9 Å². The minimum atomic E-state index is -0.128. The standard InChI is InChI=1S/C15H11ClN2O2/c16-12-4-2-1-3-10(12)7-15(19)18-11-5-6-13-14(8-11)20-9-17-13/h1-6,8-9H,7H2,(H,18,19). The number of nitrogens with one attached hydrogen (secondary N) is 1. The lowest BCUT2D eigenvalue weighted by molar-refractivity contribution is -0.115.